The maximum absolute atomic E-state index is 12.8. The van der Waals surface area contributed by atoms with Gasteiger partial charge in [-0.2, -0.15) is 0 Å². The summed E-state index contributed by atoms with van der Waals surface area (Å²) in [6, 6.07) is 0. The van der Waals surface area contributed by atoms with Gasteiger partial charge in [-0.25, -0.2) is 0 Å². The van der Waals surface area contributed by atoms with Crippen LogP contribution in [0.4, 0.5) is 0 Å². The molecule has 0 aliphatic heterocycles. The van der Waals surface area contributed by atoms with E-state index in [1.807, 2.05) is 0 Å². The van der Waals surface area contributed by atoms with Gasteiger partial charge in [0.05, 0.1) is 0 Å². The fraction of sp³-hybridized carbons (Fsp3) is 0.950. The number of ether oxygens (including phenoxy) is 3. The molecule has 0 spiro atoms. The number of hydrogen-bond acceptors (Lipinski definition) is 6. The number of hydrogen-bond donors (Lipinski definition) is 0. The van der Waals surface area contributed by atoms with E-state index in [2.05, 4.69) is 41.5 Å². The Kier molecular flexibility index (Phi) is 50.0. The van der Waals surface area contributed by atoms with E-state index in [0.717, 1.165) is 75.5 Å². The summed E-state index contributed by atoms with van der Waals surface area (Å²) in [4.78, 5) is 38.1. The third kappa shape index (κ3) is 51.8. The van der Waals surface area contributed by atoms with Gasteiger partial charge < -0.3 is 14.2 Å². The molecule has 0 fully saturated rings. The van der Waals surface area contributed by atoms with Crippen LogP contribution in [-0.4, -0.2) is 37.2 Å². The first-order valence-corrected chi connectivity index (χ1v) is 29.6. The van der Waals surface area contributed by atoms with E-state index in [-0.39, 0.29) is 31.1 Å². The standard InChI is InChI=1S/C60H116O6/c1-7-56(6)48-42-36-29-25-21-17-14-15-19-23-27-31-39-45-51-60(63)66-57(53-65-59(62)50-44-38-33-32-35-41-47-55(4)5)52-64-58(61)49-43-37-30-26-22-18-13-11-9-8-10-12-16-20-24-28-34-40-46-54(2)3/h54-57H,7-53H2,1-6H3/t56?,57-/m0/s1. The maximum atomic E-state index is 12.8. The van der Waals surface area contributed by atoms with Gasteiger partial charge in [0.2, 0.25) is 0 Å². The fourth-order valence-corrected chi connectivity index (χ4v) is 9.14. The van der Waals surface area contributed by atoms with Crippen molar-refractivity contribution in [2.24, 2.45) is 17.8 Å². The molecule has 0 rings (SSSR count). The van der Waals surface area contributed by atoms with Crippen molar-refractivity contribution in [3.05, 3.63) is 0 Å². The zero-order valence-electron chi connectivity index (χ0n) is 45.5. The number of carbonyl (C=O) groups is 3. The van der Waals surface area contributed by atoms with Crippen LogP contribution in [0.15, 0.2) is 0 Å². The largest absolute Gasteiger partial charge is 0.462 e. The molecule has 0 radical (unpaired) electrons. The first-order valence-electron chi connectivity index (χ1n) is 29.6. The molecule has 6 nitrogen and oxygen atoms in total. The van der Waals surface area contributed by atoms with Crippen LogP contribution >= 0.6 is 0 Å². The molecule has 6 heteroatoms. The van der Waals surface area contributed by atoms with Gasteiger partial charge in [-0.15, -0.1) is 0 Å². The van der Waals surface area contributed by atoms with Crippen LogP contribution in [0.25, 0.3) is 0 Å². The Labute approximate surface area is 412 Å². The highest BCUT2D eigenvalue weighted by Crippen LogP contribution is 2.19. The monoisotopic (exact) mass is 933 g/mol. The Morgan fingerprint density at radius 3 is 0.788 bits per heavy atom. The predicted octanol–water partition coefficient (Wildman–Crippen LogP) is 19.5. The minimum Gasteiger partial charge on any atom is -0.462 e. The summed E-state index contributed by atoms with van der Waals surface area (Å²) in [5.41, 5.74) is 0. The van der Waals surface area contributed by atoms with Gasteiger partial charge in [-0.1, -0.05) is 292 Å². The molecule has 0 aliphatic carbocycles. The molecule has 0 heterocycles. The van der Waals surface area contributed by atoms with Crippen molar-refractivity contribution in [1.82, 2.24) is 0 Å². The molecule has 0 aliphatic rings. The predicted molar refractivity (Wildman–Crippen MR) is 284 cm³/mol. The summed E-state index contributed by atoms with van der Waals surface area (Å²) < 4.78 is 16.9. The summed E-state index contributed by atoms with van der Waals surface area (Å²) in [5, 5.41) is 0. The van der Waals surface area contributed by atoms with E-state index in [4.69, 9.17) is 14.2 Å². The Bertz CT molecular complexity index is 1020. The molecular formula is C60H116O6. The van der Waals surface area contributed by atoms with Crippen LogP contribution in [0.5, 0.6) is 0 Å². The highest BCUT2D eigenvalue weighted by Gasteiger charge is 2.19. The average Bonchev–Trinajstić information content (AvgIpc) is 3.29. The summed E-state index contributed by atoms with van der Waals surface area (Å²) in [7, 11) is 0. The second-order valence-electron chi connectivity index (χ2n) is 21.8. The van der Waals surface area contributed by atoms with Crippen molar-refractivity contribution >= 4 is 17.9 Å². The third-order valence-corrected chi connectivity index (χ3v) is 14.0. The summed E-state index contributed by atoms with van der Waals surface area (Å²) >= 11 is 0. The van der Waals surface area contributed by atoms with Crippen LogP contribution in [-0.2, 0) is 28.6 Å². The molecular weight excluding hydrogens is 817 g/mol. The van der Waals surface area contributed by atoms with Crippen LogP contribution in [0.2, 0.25) is 0 Å². The molecule has 0 bridgehead atoms. The van der Waals surface area contributed by atoms with Crippen LogP contribution in [0, 0.1) is 17.8 Å². The van der Waals surface area contributed by atoms with Crippen molar-refractivity contribution in [1.29, 1.82) is 0 Å². The Hall–Kier alpha value is -1.59. The highest BCUT2D eigenvalue weighted by atomic mass is 16.6. The molecule has 2 atom stereocenters. The Morgan fingerprint density at radius 2 is 0.530 bits per heavy atom. The highest BCUT2D eigenvalue weighted by molar-refractivity contribution is 5.71. The fourth-order valence-electron chi connectivity index (χ4n) is 9.14. The maximum Gasteiger partial charge on any atom is 0.306 e. The summed E-state index contributed by atoms with van der Waals surface area (Å²) in [5.74, 6) is 1.67. The van der Waals surface area contributed by atoms with E-state index < -0.39 is 6.10 Å². The average molecular weight is 934 g/mol. The molecule has 392 valence electrons. The Balaban J connectivity index is 4.19. The SMILES string of the molecule is CCC(C)CCCCCCCCCCCCCCCCC(=O)O[C@@H](COC(=O)CCCCCCCCCCCCCCCCCCCCC(C)C)COC(=O)CCCCCCCCC(C)C. The number of rotatable bonds is 53. The lowest BCUT2D eigenvalue weighted by Crippen LogP contribution is -2.30. The third-order valence-electron chi connectivity index (χ3n) is 14.0. The quantitative estimate of drug-likeness (QED) is 0.0343. The van der Waals surface area contributed by atoms with Crippen molar-refractivity contribution in [3.63, 3.8) is 0 Å². The van der Waals surface area contributed by atoms with Crippen LogP contribution in [0.3, 0.4) is 0 Å². The van der Waals surface area contributed by atoms with Crippen molar-refractivity contribution in [2.75, 3.05) is 13.2 Å². The van der Waals surface area contributed by atoms with E-state index in [1.54, 1.807) is 0 Å². The summed E-state index contributed by atoms with van der Waals surface area (Å²) in [6.45, 7) is 13.7. The lowest BCUT2D eigenvalue weighted by molar-refractivity contribution is -0.167. The lowest BCUT2D eigenvalue weighted by atomic mass is 9.99. The van der Waals surface area contributed by atoms with E-state index in [0.29, 0.717) is 19.3 Å². The van der Waals surface area contributed by atoms with Gasteiger partial charge in [0.1, 0.15) is 13.2 Å². The lowest BCUT2D eigenvalue weighted by Gasteiger charge is -2.18. The minimum atomic E-state index is -0.764. The topological polar surface area (TPSA) is 78.9 Å². The molecule has 0 N–H and O–H groups in total. The summed E-state index contributed by atoms with van der Waals surface area (Å²) in [6.07, 6.45) is 54.0. The van der Waals surface area contributed by atoms with Gasteiger partial charge in [0, 0.05) is 19.3 Å². The second-order valence-corrected chi connectivity index (χ2v) is 21.8. The second kappa shape index (κ2) is 51.3. The molecule has 0 saturated carbocycles. The molecule has 0 amide bonds. The number of esters is 3. The van der Waals surface area contributed by atoms with Crippen molar-refractivity contribution in [3.8, 4) is 0 Å². The van der Waals surface area contributed by atoms with Gasteiger partial charge in [-0.05, 0) is 37.0 Å². The smallest absolute Gasteiger partial charge is 0.306 e. The number of carbonyl (C=O) groups excluding carboxylic acids is 3. The Morgan fingerprint density at radius 1 is 0.303 bits per heavy atom. The van der Waals surface area contributed by atoms with Crippen molar-refractivity contribution in [2.45, 2.75) is 337 Å². The van der Waals surface area contributed by atoms with Crippen LogP contribution < -0.4 is 0 Å². The normalized spacial score (nSPS) is 12.5. The molecule has 0 saturated heterocycles. The minimum absolute atomic E-state index is 0.0642. The molecule has 1 unspecified atom stereocenters. The van der Waals surface area contributed by atoms with E-state index >= 15 is 0 Å². The number of unbranched alkanes of at least 4 members (excludes halogenated alkanes) is 35. The van der Waals surface area contributed by atoms with E-state index in [1.165, 1.54) is 212 Å². The van der Waals surface area contributed by atoms with Gasteiger partial charge in [0.25, 0.3) is 0 Å². The van der Waals surface area contributed by atoms with Crippen molar-refractivity contribution < 1.29 is 28.6 Å². The molecule has 0 aromatic rings. The van der Waals surface area contributed by atoms with Gasteiger partial charge >= 0.3 is 17.9 Å². The molecule has 66 heavy (non-hydrogen) atoms. The van der Waals surface area contributed by atoms with E-state index in [9.17, 15) is 14.4 Å². The molecule has 0 aromatic heterocycles. The zero-order valence-corrected chi connectivity index (χ0v) is 45.5. The molecule has 0 aromatic carbocycles. The first kappa shape index (κ1) is 64.4. The van der Waals surface area contributed by atoms with Gasteiger partial charge in [0.15, 0.2) is 6.10 Å². The zero-order chi connectivity index (χ0) is 48.4. The first-order chi connectivity index (χ1) is 32.1. The van der Waals surface area contributed by atoms with Crippen LogP contribution in [0.1, 0.15) is 330 Å². The van der Waals surface area contributed by atoms with Gasteiger partial charge in [-0.3, -0.25) is 14.4 Å².